The molecule has 12 nitrogen and oxygen atoms in total. The average molecular weight is 538 g/mol. The monoisotopic (exact) mass is 537 g/mol. The second-order valence-electron chi connectivity index (χ2n) is 7.91. The van der Waals surface area contributed by atoms with Crippen molar-refractivity contribution in [3.63, 3.8) is 0 Å². The van der Waals surface area contributed by atoms with Crippen molar-refractivity contribution < 1.29 is 34.0 Å². The summed E-state index contributed by atoms with van der Waals surface area (Å²) in [6, 6.07) is 5.65. The summed E-state index contributed by atoms with van der Waals surface area (Å²) in [4.78, 5) is 25.9. The number of thiophene rings is 1. The lowest BCUT2D eigenvalue weighted by atomic mass is 10.1. The molecule has 0 unspecified atom stereocenters. The molecule has 37 heavy (non-hydrogen) atoms. The van der Waals surface area contributed by atoms with Gasteiger partial charge in [-0.05, 0) is 43.2 Å². The zero-order chi connectivity index (χ0) is 27.2. The van der Waals surface area contributed by atoms with E-state index in [0.29, 0.717) is 50.8 Å². The Kier molecular flexibility index (Phi) is 13.1. The van der Waals surface area contributed by atoms with E-state index in [4.69, 9.17) is 35.9 Å². The van der Waals surface area contributed by atoms with Gasteiger partial charge in [-0.2, -0.15) is 0 Å². The molecule has 6 N–H and O–H groups in total. The van der Waals surface area contributed by atoms with Gasteiger partial charge in [-0.25, -0.2) is 0 Å². The van der Waals surface area contributed by atoms with E-state index in [0.717, 1.165) is 22.6 Å². The fourth-order valence-corrected chi connectivity index (χ4v) is 4.40. The van der Waals surface area contributed by atoms with Gasteiger partial charge in [0.15, 0.2) is 5.00 Å². The van der Waals surface area contributed by atoms with Crippen LogP contribution < -0.4 is 16.4 Å². The Morgan fingerprint density at radius 2 is 1.49 bits per heavy atom. The van der Waals surface area contributed by atoms with E-state index in [9.17, 15) is 9.59 Å². The molecule has 2 rings (SSSR count). The molecule has 0 saturated carbocycles. The second kappa shape index (κ2) is 16.0. The van der Waals surface area contributed by atoms with Crippen molar-refractivity contribution in [2.24, 2.45) is 21.7 Å². The third-order valence-electron chi connectivity index (χ3n) is 5.25. The van der Waals surface area contributed by atoms with E-state index in [-0.39, 0.29) is 41.9 Å². The van der Waals surface area contributed by atoms with Crippen LogP contribution in [0.15, 0.2) is 28.4 Å². The number of carbonyl (C=O) groups excluding carboxylic acids is 2. The molecule has 13 heteroatoms. The van der Waals surface area contributed by atoms with Gasteiger partial charge in [0.2, 0.25) is 0 Å². The molecule has 1 aromatic heterocycles. The van der Waals surface area contributed by atoms with Crippen LogP contribution in [0, 0.1) is 13.8 Å². The van der Waals surface area contributed by atoms with E-state index in [2.05, 4.69) is 15.1 Å². The molecular formula is C24H35N5O7S. The van der Waals surface area contributed by atoms with Crippen LogP contribution in [0.1, 0.15) is 31.2 Å². The summed E-state index contributed by atoms with van der Waals surface area (Å²) < 4.78 is 16.2. The number of rotatable bonds is 18. The number of carbonyl (C=O) groups is 2. The number of aryl methyl sites for hydroxylation is 1. The predicted molar refractivity (Wildman–Crippen MR) is 140 cm³/mol. The van der Waals surface area contributed by atoms with Gasteiger partial charge < -0.3 is 40.8 Å². The van der Waals surface area contributed by atoms with Gasteiger partial charge in [0.05, 0.1) is 69.0 Å². The van der Waals surface area contributed by atoms with Gasteiger partial charge in [0.25, 0.3) is 11.8 Å². The molecular weight excluding hydrogens is 502 g/mol. The molecule has 0 spiro atoms. The van der Waals surface area contributed by atoms with E-state index < -0.39 is 11.8 Å². The molecule has 204 valence electrons. The quantitative estimate of drug-likeness (QED) is 0.164. The topological polar surface area (TPSA) is 182 Å². The Bertz CT molecular complexity index is 1060. The van der Waals surface area contributed by atoms with Crippen molar-refractivity contribution in [1.29, 1.82) is 0 Å². The molecule has 0 aliphatic rings. The van der Waals surface area contributed by atoms with Crippen LogP contribution in [0.3, 0.4) is 0 Å². The standard InChI is InChI=1S/C24H35N5O7S/c1-16-15-18(29(5-9-34-11-7-30)6-10-35-13-14-36-12-8-31)3-4-19(16)27-28-24-20(22(25)32)17(2)21(37-24)23(26)33/h3-4,15,30-31H,5-14H2,1-2H3,(H2,25,32)(H2,26,33)/b28-27+. The Morgan fingerprint density at radius 3 is 2.03 bits per heavy atom. The van der Waals surface area contributed by atoms with Crippen molar-refractivity contribution in [3.05, 3.63) is 39.8 Å². The molecule has 1 heterocycles. The fraction of sp³-hybridized carbons (Fsp3) is 0.500. The van der Waals surface area contributed by atoms with Crippen molar-refractivity contribution in [2.45, 2.75) is 13.8 Å². The van der Waals surface area contributed by atoms with Gasteiger partial charge in [-0.1, -0.05) is 0 Å². The SMILES string of the molecule is Cc1cc(N(CCOCCO)CCOCCOCCO)ccc1/N=N/c1sc(C(N)=O)c(C)c1C(N)=O. The third kappa shape index (κ3) is 9.46. The maximum absolute atomic E-state index is 11.9. The number of nitrogens with two attached hydrogens (primary N) is 2. The van der Waals surface area contributed by atoms with Gasteiger partial charge in [0, 0.05) is 18.8 Å². The minimum Gasteiger partial charge on any atom is -0.394 e. The summed E-state index contributed by atoms with van der Waals surface area (Å²) in [5.74, 6) is -1.36. The van der Waals surface area contributed by atoms with E-state index in [1.165, 1.54) is 0 Å². The highest BCUT2D eigenvalue weighted by Gasteiger charge is 2.22. The normalized spacial score (nSPS) is 11.4. The van der Waals surface area contributed by atoms with Crippen LogP contribution in [-0.4, -0.2) is 88.0 Å². The first-order valence-corrected chi connectivity index (χ1v) is 12.6. The molecule has 0 atom stereocenters. The summed E-state index contributed by atoms with van der Waals surface area (Å²) in [6.45, 7) is 6.84. The highest BCUT2D eigenvalue weighted by atomic mass is 32.1. The summed E-state index contributed by atoms with van der Waals surface area (Å²) >= 11 is 0.975. The van der Waals surface area contributed by atoms with Crippen molar-refractivity contribution >= 4 is 39.5 Å². The van der Waals surface area contributed by atoms with E-state index >= 15 is 0 Å². The molecule has 2 aromatic rings. The minimum absolute atomic E-state index is 0.0236. The van der Waals surface area contributed by atoms with Crippen LogP contribution in [0.4, 0.5) is 16.4 Å². The molecule has 0 aliphatic heterocycles. The number of azo groups is 1. The number of hydrogen-bond donors (Lipinski definition) is 4. The third-order valence-corrected chi connectivity index (χ3v) is 6.44. The summed E-state index contributed by atoms with van der Waals surface area (Å²) in [6.07, 6.45) is 0. The maximum Gasteiger partial charge on any atom is 0.259 e. The average Bonchev–Trinajstić information content (AvgIpc) is 3.20. The van der Waals surface area contributed by atoms with Crippen molar-refractivity contribution in [1.82, 2.24) is 0 Å². The van der Waals surface area contributed by atoms with E-state index in [1.807, 2.05) is 19.1 Å². The Hall–Kier alpha value is -2.94. The molecule has 0 aliphatic carbocycles. The number of aliphatic hydroxyl groups excluding tert-OH is 2. The maximum atomic E-state index is 11.9. The molecule has 1 aromatic carbocycles. The molecule has 2 amide bonds. The van der Waals surface area contributed by atoms with Gasteiger partial charge in [-0.3, -0.25) is 9.59 Å². The predicted octanol–water partition coefficient (Wildman–Crippen LogP) is 1.82. The van der Waals surface area contributed by atoms with Crippen LogP contribution in [0.25, 0.3) is 0 Å². The number of aliphatic hydroxyl groups is 2. The molecule has 0 fully saturated rings. The second-order valence-corrected chi connectivity index (χ2v) is 8.91. The number of amides is 2. The highest BCUT2D eigenvalue weighted by molar-refractivity contribution is 7.18. The number of ether oxygens (including phenoxy) is 3. The zero-order valence-corrected chi connectivity index (χ0v) is 22.0. The lowest BCUT2D eigenvalue weighted by Crippen LogP contribution is -2.31. The first-order chi connectivity index (χ1) is 17.8. The van der Waals surface area contributed by atoms with Crippen LogP contribution in [-0.2, 0) is 14.2 Å². The van der Waals surface area contributed by atoms with Gasteiger partial charge >= 0.3 is 0 Å². The fourth-order valence-electron chi connectivity index (χ4n) is 3.41. The van der Waals surface area contributed by atoms with Crippen LogP contribution in [0.5, 0.6) is 0 Å². The number of anilines is 1. The number of primary amides is 2. The van der Waals surface area contributed by atoms with Gasteiger partial charge in [-0.15, -0.1) is 21.6 Å². The largest absolute Gasteiger partial charge is 0.394 e. The number of nitrogens with zero attached hydrogens (tertiary/aromatic N) is 3. The van der Waals surface area contributed by atoms with Gasteiger partial charge in [0.1, 0.15) is 0 Å². The number of benzene rings is 1. The lowest BCUT2D eigenvalue weighted by molar-refractivity contribution is 0.0347. The Balaban J connectivity index is 2.14. The summed E-state index contributed by atoms with van der Waals surface area (Å²) in [7, 11) is 0. The Labute approximate surface area is 219 Å². The van der Waals surface area contributed by atoms with E-state index in [1.54, 1.807) is 13.0 Å². The molecule has 0 saturated heterocycles. The lowest BCUT2D eigenvalue weighted by Gasteiger charge is -2.25. The number of hydrogen-bond acceptors (Lipinski definition) is 11. The summed E-state index contributed by atoms with van der Waals surface area (Å²) in [5, 5.41) is 26.4. The Morgan fingerprint density at radius 1 is 0.892 bits per heavy atom. The smallest absolute Gasteiger partial charge is 0.259 e. The van der Waals surface area contributed by atoms with Crippen molar-refractivity contribution in [3.8, 4) is 0 Å². The molecule has 0 radical (unpaired) electrons. The molecule has 0 bridgehead atoms. The zero-order valence-electron chi connectivity index (χ0n) is 21.1. The summed E-state index contributed by atoms with van der Waals surface area (Å²) in [5.41, 5.74) is 13.7. The van der Waals surface area contributed by atoms with Crippen molar-refractivity contribution in [2.75, 3.05) is 70.8 Å². The first-order valence-electron chi connectivity index (χ1n) is 11.7. The van der Waals surface area contributed by atoms with Crippen LogP contribution >= 0.6 is 11.3 Å². The minimum atomic E-state index is -0.705. The highest BCUT2D eigenvalue weighted by Crippen LogP contribution is 2.36. The van der Waals surface area contributed by atoms with Crippen LogP contribution in [0.2, 0.25) is 0 Å². The first kappa shape index (κ1) is 30.3.